The lowest BCUT2D eigenvalue weighted by atomic mass is 10.1. The van der Waals surface area contributed by atoms with Crippen LogP contribution in [0.1, 0.15) is 17.5 Å². The lowest BCUT2D eigenvalue weighted by molar-refractivity contribution is -0.138. The zero-order chi connectivity index (χ0) is 22.4. The van der Waals surface area contributed by atoms with Crippen molar-refractivity contribution in [3.05, 3.63) is 75.6 Å². The van der Waals surface area contributed by atoms with Crippen molar-refractivity contribution in [3.8, 4) is 5.75 Å². The molecule has 2 amide bonds. The van der Waals surface area contributed by atoms with Gasteiger partial charge in [0, 0.05) is 17.1 Å². The highest BCUT2D eigenvalue weighted by Gasteiger charge is 2.23. The quantitative estimate of drug-likeness (QED) is 0.484. The average molecular weight is 447 g/mol. The van der Waals surface area contributed by atoms with Crippen molar-refractivity contribution in [2.45, 2.75) is 19.0 Å². The number of aromatic nitrogens is 2. The van der Waals surface area contributed by atoms with E-state index in [1.807, 2.05) is 0 Å². The Morgan fingerprint density at radius 1 is 1.19 bits per heavy atom. The number of carboxylic acid groups (broad SMARTS) is 1. The van der Waals surface area contributed by atoms with Gasteiger partial charge in [0.25, 0.3) is 0 Å². The van der Waals surface area contributed by atoms with Gasteiger partial charge in [0.05, 0.1) is 7.11 Å². The number of carboxylic acids is 1. The molecule has 1 atom stereocenters. The Bertz CT molecular complexity index is 1110. The largest absolute Gasteiger partial charge is 0.497 e. The minimum absolute atomic E-state index is 0.117. The van der Waals surface area contributed by atoms with E-state index in [2.05, 4.69) is 15.7 Å². The number of rotatable bonds is 8. The summed E-state index contributed by atoms with van der Waals surface area (Å²) in [6.07, 6.45) is 0.227. The summed E-state index contributed by atoms with van der Waals surface area (Å²) in [6, 6.07) is 12.2. The lowest BCUT2D eigenvalue weighted by Crippen LogP contribution is -2.34. The zero-order valence-corrected chi connectivity index (χ0v) is 17.1. The van der Waals surface area contributed by atoms with Crippen LogP contribution in [0.5, 0.6) is 5.75 Å². The normalized spacial score (nSPS) is 11.5. The van der Waals surface area contributed by atoms with E-state index in [0.29, 0.717) is 21.1 Å². The Morgan fingerprint density at radius 2 is 1.87 bits per heavy atom. The summed E-state index contributed by atoms with van der Waals surface area (Å²) in [5.41, 5.74) is 1.30. The molecule has 10 nitrogen and oxygen atoms in total. The van der Waals surface area contributed by atoms with Crippen molar-refractivity contribution in [1.29, 1.82) is 0 Å². The van der Waals surface area contributed by atoms with Gasteiger partial charge < -0.3 is 24.9 Å². The predicted octanol–water partition coefficient (Wildman–Crippen LogP) is 2.69. The average Bonchev–Trinajstić information content (AvgIpc) is 3.09. The number of nitrogens with zero attached hydrogens (tertiary/aromatic N) is 2. The molecule has 2 aromatic carbocycles. The number of carbonyl (C=O) groups excluding carboxylic acids is 1. The molecule has 0 aliphatic heterocycles. The molecule has 1 aromatic heterocycles. The van der Waals surface area contributed by atoms with Crippen molar-refractivity contribution in [3.63, 3.8) is 0 Å². The van der Waals surface area contributed by atoms with E-state index < -0.39 is 30.3 Å². The highest BCUT2D eigenvalue weighted by Crippen LogP contribution is 2.19. The fourth-order valence-corrected chi connectivity index (χ4v) is 2.87. The number of hydrogen-bond acceptors (Lipinski definition) is 6. The van der Waals surface area contributed by atoms with Crippen molar-refractivity contribution in [2.24, 2.45) is 0 Å². The molecule has 3 rings (SSSR count). The second-order valence-electron chi connectivity index (χ2n) is 6.47. The molecule has 0 aliphatic carbocycles. The molecule has 162 valence electrons. The number of ether oxygens (including phenoxy) is 1. The van der Waals surface area contributed by atoms with Gasteiger partial charge in [0.1, 0.15) is 18.3 Å². The number of halogens is 1. The fourth-order valence-electron chi connectivity index (χ4n) is 2.75. The first-order chi connectivity index (χ1) is 14.8. The molecular formula is C20H19ClN4O6. The van der Waals surface area contributed by atoms with Crippen LogP contribution < -0.4 is 21.1 Å². The molecule has 11 heteroatoms. The van der Waals surface area contributed by atoms with Crippen molar-refractivity contribution in [2.75, 3.05) is 12.4 Å². The minimum Gasteiger partial charge on any atom is -0.497 e. The number of carbonyl (C=O) groups is 2. The molecule has 3 N–H and O–H groups in total. The van der Waals surface area contributed by atoms with Gasteiger partial charge in [-0.2, -0.15) is 4.68 Å². The van der Waals surface area contributed by atoms with Crippen LogP contribution in [0.4, 0.5) is 10.5 Å². The first kappa shape index (κ1) is 21.9. The molecule has 0 saturated heterocycles. The Balaban J connectivity index is 1.82. The van der Waals surface area contributed by atoms with Crippen molar-refractivity contribution < 1.29 is 23.8 Å². The summed E-state index contributed by atoms with van der Waals surface area (Å²) in [5, 5.41) is 18.7. The molecule has 0 fully saturated rings. The smallest absolute Gasteiger partial charge is 0.437 e. The van der Waals surface area contributed by atoms with Gasteiger partial charge in [-0.1, -0.05) is 23.7 Å². The summed E-state index contributed by atoms with van der Waals surface area (Å²) in [5.74, 6) is -1.64. The van der Waals surface area contributed by atoms with Crippen LogP contribution in [0, 0.1) is 0 Å². The molecule has 0 bridgehead atoms. The number of methoxy groups -OCH3 is 1. The van der Waals surface area contributed by atoms with Crippen LogP contribution in [0.15, 0.2) is 57.7 Å². The summed E-state index contributed by atoms with van der Waals surface area (Å²) in [7, 11) is 1.55. The first-order valence-corrected chi connectivity index (χ1v) is 9.47. The summed E-state index contributed by atoms with van der Waals surface area (Å²) < 4.78 is 10.9. The van der Waals surface area contributed by atoms with E-state index in [1.165, 1.54) is 0 Å². The first-order valence-electron chi connectivity index (χ1n) is 9.09. The van der Waals surface area contributed by atoms with Gasteiger partial charge in [-0.05, 0) is 42.0 Å². The number of aliphatic carboxylic acids is 1. The SMILES string of the molecule is COc1ccc(CC(NC(=O)Nc2ccc(Cl)cc2)c2nn(CC(=O)O)c(=O)o2)cc1. The summed E-state index contributed by atoms with van der Waals surface area (Å²) in [4.78, 5) is 35.4. The van der Waals surface area contributed by atoms with Crippen LogP contribution in [0.25, 0.3) is 0 Å². The van der Waals surface area contributed by atoms with Crippen molar-refractivity contribution >= 4 is 29.3 Å². The van der Waals surface area contributed by atoms with Crippen LogP contribution in [0.3, 0.4) is 0 Å². The third-order valence-electron chi connectivity index (χ3n) is 4.21. The van der Waals surface area contributed by atoms with E-state index in [-0.39, 0.29) is 12.3 Å². The Hall–Kier alpha value is -3.79. The minimum atomic E-state index is -1.25. The highest BCUT2D eigenvalue weighted by molar-refractivity contribution is 6.30. The number of benzene rings is 2. The lowest BCUT2D eigenvalue weighted by Gasteiger charge is -2.16. The van der Waals surface area contributed by atoms with Gasteiger partial charge in [-0.15, -0.1) is 5.10 Å². The van der Waals surface area contributed by atoms with Crippen LogP contribution in [-0.4, -0.2) is 34.0 Å². The number of nitrogens with one attached hydrogen (secondary N) is 2. The molecular weight excluding hydrogens is 428 g/mol. The topological polar surface area (TPSA) is 136 Å². The maximum atomic E-state index is 12.5. The van der Waals surface area contributed by atoms with E-state index in [4.69, 9.17) is 25.9 Å². The third-order valence-corrected chi connectivity index (χ3v) is 4.46. The van der Waals surface area contributed by atoms with Gasteiger partial charge in [-0.3, -0.25) is 4.79 Å². The molecule has 0 radical (unpaired) electrons. The second kappa shape index (κ2) is 9.81. The van der Waals surface area contributed by atoms with Gasteiger partial charge in [0.2, 0.25) is 5.89 Å². The standard InChI is InChI=1S/C20H19ClN4O6/c1-30-15-8-2-12(3-9-15)10-16(18-24-25(11-17(26)27)20(29)31-18)23-19(28)22-14-6-4-13(21)5-7-14/h2-9,16H,10-11H2,1H3,(H,26,27)(H2,22,23,28). The van der Waals surface area contributed by atoms with E-state index in [9.17, 15) is 14.4 Å². The maximum Gasteiger partial charge on any atom is 0.437 e. The molecule has 0 spiro atoms. The molecule has 1 unspecified atom stereocenters. The highest BCUT2D eigenvalue weighted by atomic mass is 35.5. The Morgan fingerprint density at radius 3 is 2.48 bits per heavy atom. The fraction of sp³-hybridized carbons (Fsp3) is 0.200. The Kier molecular flexibility index (Phi) is 6.93. The van der Waals surface area contributed by atoms with E-state index in [1.54, 1.807) is 55.6 Å². The van der Waals surface area contributed by atoms with E-state index in [0.717, 1.165) is 5.56 Å². The van der Waals surface area contributed by atoms with E-state index >= 15 is 0 Å². The van der Waals surface area contributed by atoms with Gasteiger partial charge in [-0.25, -0.2) is 9.59 Å². The number of urea groups is 1. The number of anilines is 1. The number of amides is 2. The Labute approximate surface area is 181 Å². The van der Waals surface area contributed by atoms with Crippen molar-refractivity contribution in [1.82, 2.24) is 15.1 Å². The second-order valence-corrected chi connectivity index (χ2v) is 6.90. The monoisotopic (exact) mass is 446 g/mol. The molecule has 0 aliphatic rings. The summed E-state index contributed by atoms with van der Waals surface area (Å²) in [6.45, 7) is -0.658. The predicted molar refractivity (Wildman–Crippen MR) is 111 cm³/mol. The zero-order valence-electron chi connectivity index (χ0n) is 16.4. The number of hydrogen-bond donors (Lipinski definition) is 3. The van der Waals surface area contributed by atoms with Crippen LogP contribution in [-0.2, 0) is 17.8 Å². The third kappa shape index (κ3) is 6.09. The van der Waals surface area contributed by atoms with Gasteiger partial charge >= 0.3 is 17.8 Å². The van der Waals surface area contributed by atoms with Crippen LogP contribution >= 0.6 is 11.6 Å². The summed E-state index contributed by atoms with van der Waals surface area (Å²) >= 11 is 5.85. The maximum absolute atomic E-state index is 12.5. The molecule has 1 heterocycles. The molecule has 31 heavy (non-hydrogen) atoms. The molecule has 3 aromatic rings. The van der Waals surface area contributed by atoms with Crippen LogP contribution in [0.2, 0.25) is 5.02 Å². The van der Waals surface area contributed by atoms with Gasteiger partial charge in [0.15, 0.2) is 0 Å². The molecule has 0 saturated carbocycles.